The molecular formula is C17H23N5O2. The topological polar surface area (TPSA) is 79.3 Å². The Kier molecular flexibility index (Phi) is 6.08. The van der Waals surface area contributed by atoms with E-state index in [1.807, 2.05) is 45.4 Å². The molecule has 2 amide bonds. The van der Waals surface area contributed by atoms with Crippen LogP contribution in [0, 0.1) is 6.92 Å². The molecule has 0 unspecified atom stereocenters. The summed E-state index contributed by atoms with van der Waals surface area (Å²) < 4.78 is 1.71. The van der Waals surface area contributed by atoms with Crippen LogP contribution in [0.15, 0.2) is 36.7 Å². The Morgan fingerprint density at radius 1 is 1.21 bits per heavy atom. The van der Waals surface area contributed by atoms with Crippen LogP contribution < -0.4 is 10.6 Å². The van der Waals surface area contributed by atoms with Crippen molar-refractivity contribution in [2.45, 2.75) is 19.9 Å². The first-order chi connectivity index (χ1) is 11.4. The van der Waals surface area contributed by atoms with Gasteiger partial charge in [-0.15, -0.1) is 0 Å². The second-order valence-corrected chi connectivity index (χ2v) is 5.88. The van der Waals surface area contributed by atoms with Crippen LogP contribution in [-0.4, -0.2) is 47.1 Å². The molecule has 0 saturated heterocycles. The van der Waals surface area contributed by atoms with Gasteiger partial charge in [0.15, 0.2) is 0 Å². The fourth-order valence-electron chi connectivity index (χ4n) is 2.18. The van der Waals surface area contributed by atoms with E-state index >= 15 is 0 Å². The van der Waals surface area contributed by atoms with Crippen molar-refractivity contribution in [2.24, 2.45) is 0 Å². The summed E-state index contributed by atoms with van der Waals surface area (Å²) in [4.78, 5) is 25.7. The molecule has 0 spiro atoms. The van der Waals surface area contributed by atoms with Gasteiger partial charge in [0.2, 0.25) is 11.8 Å². The van der Waals surface area contributed by atoms with Crippen molar-refractivity contribution in [3.8, 4) is 0 Å². The molecule has 1 aromatic carbocycles. The van der Waals surface area contributed by atoms with Crippen LogP contribution in [-0.2, 0) is 16.1 Å². The van der Waals surface area contributed by atoms with Gasteiger partial charge in [-0.05, 0) is 44.8 Å². The maximum atomic E-state index is 12.0. The van der Waals surface area contributed by atoms with Crippen LogP contribution in [0.4, 0.5) is 11.4 Å². The predicted molar refractivity (Wildman–Crippen MR) is 93.8 cm³/mol. The maximum absolute atomic E-state index is 12.0. The van der Waals surface area contributed by atoms with Gasteiger partial charge < -0.3 is 15.5 Å². The summed E-state index contributed by atoms with van der Waals surface area (Å²) in [5.41, 5.74) is 2.30. The lowest BCUT2D eigenvalue weighted by Crippen LogP contribution is -2.27. The Morgan fingerprint density at radius 3 is 2.67 bits per heavy atom. The van der Waals surface area contributed by atoms with Crippen LogP contribution in [0.3, 0.4) is 0 Å². The molecule has 0 aliphatic carbocycles. The minimum absolute atomic E-state index is 0.0924. The molecule has 0 aliphatic heterocycles. The van der Waals surface area contributed by atoms with Gasteiger partial charge in [0.1, 0.15) is 0 Å². The number of aryl methyl sites for hydroxylation is 2. The minimum Gasteiger partial charge on any atom is -0.326 e. The molecule has 0 saturated carbocycles. The third-order valence-electron chi connectivity index (χ3n) is 3.38. The summed E-state index contributed by atoms with van der Waals surface area (Å²) in [5.74, 6) is -0.190. The molecule has 0 aliphatic rings. The van der Waals surface area contributed by atoms with Crippen molar-refractivity contribution in [3.05, 3.63) is 42.2 Å². The molecular weight excluding hydrogens is 306 g/mol. The lowest BCUT2D eigenvalue weighted by molar-refractivity contribution is -0.117. The summed E-state index contributed by atoms with van der Waals surface area (Å²) in [6.07, 6.45) is 3.83. The van der Waals surface area contributed by atoms with E-state index in [-0.39, 0.29) is 11.8 Å². The van der Waals surface area contributed by atoms with Gasteiger partial charge in [0, 0.05) is 36.7 Å². The highest BCUT2D eigenvalue weighted by atomic mass is 16.2. The average Bonchev–Trinajstić information content (AvgIpc) is 3.01. The Bertz CT molecular complexity index is 695. The zero-order chi connectivity index (χ0) is 17.5. The predicted octanol–water partition coefficient (Wildman–Crippen LogP) is 1.72. The number of nitrogens with zero attached hydrogens (tertiary/aromatic N) is 3. The first kappa shape index (κ1) is 17.7. The van der Waals surface area contributed by atoms with Gasteiger partial charge in [0.05, 0.1) is 6.54 Å². The molecule has 24 heavy (non-hydrogen) atoms. The Balaban J connectivity index is 1.94. The van der Waals surface area contributed by atoms with Gasteiger partial charge in [-0.2, -0.15) is 5.10 Å². The van der Waals surface area contributed by atoms with E-state index in [2.05, 4.69) is 15.7 Å². The molecule has 0 bridgehead atoms. The lowest BCUT2D eigenvalue weighted by Gasteiger charge is -2.13. The molecule has 7 heteroatoms. The Morgan fingerprint density at radius 2 is 2.00 bits per heavy atom. The van der Waals surface area contributed by atoms with E-state index in [1.165, 1.54) is 0 Å². The van der Waals surface area contributed by atoms with E-state index in [0.29, 0.717) is 30.9 Å². The maximum Gasteiger partial charge on any atom is 0.238 e. The zero-order valence-corrected chi connectivity index (χ0v) is 14.2. The van der Waals surface area contributed by atoms with Gasteiger partial charge in [0.25, 0.3) is 0 Å². The third-order valence-corrected chi connectivity index (χ3v) is 3.38. The molecule has 0 radical (unpaired) electrons. The molecule has 1 aromatic heterocycles. The number of benzene rings is 1. The monoisotopic (exact) mass is 329 g/mol. The summed E-state index contributed by atoms with van der Waals surface area (Å²) in [7, 11) is 3.67. The number of carbonyl (C=O) groups excluding carboxylic acids is 2. The number of hydrogen-bond acceptors (Lipinski definition) is 4. The smallest absolute Gasteiger partial charge is 0.238 e. The highest BCUT2D eigenvalue weighted by Gasteiger charge is 2.08. The summed E-state index contributed by atoms with van der Waals surface area (Å²) >= 11 is 0. The minimum atomic E-state index is -0.0973. The largest absolute Gasteiger partial charge is 0.326 e. The van der Waals surface area contributed by atoms with E-state index in [4.69, 9.17) is 0 Å². The van der Waals surface area contributed by atoms with E-state index in [1.54, 1.807) is 21.8 Å². The number of nitrogens with one attached hydrogen (secondary N) is 2. The fourth-order valence-corrected chi connectivity index (χ4v) is 2.18. The quantitative estimate of drug-likeness (QED) is 0.811. The van der Waals surface area contributed by atoms with Crippen LogP contribution >= 0.6 is 0 Å². The molecule has 2 N–H and O–H groups in total. The van der Waals surface area contributed by atoms with Gasteiger partial charge in [-0.1, -0.05) is 6.07 Å². The third kappa shape index (κ3) is 5.51. The van der Waals surface area contributed by atoms with Crippen LogP contribution in [0.1, 0.15) is 12.0 Å². The number of rotatable bonds is 7. The first-order valence-electron chi connectivity index (χ1n) is 7.76. The van der Waals surface area contributed by atoms with Crippen LogP contribution in [0.2, 0.25) is 0 Å². The normalized spacial score (nSPS) is 10.7. The van der Waals surface area contributed by atoms with Gasteiger partial charge >= 0.3 is 0 Å². The van der Waals surface area contributed by atoms with Crippen LogP contribution in [0.25, 0.3) is 0 Å². The number of aromatic nitrogens is 2. The molecule has 0 fully saturated rings. The fraction of sp³-hybridized carbons (Fsp3) is 0.353. The van der Waals surface area contributed by atoms with Crippen molar-refractivity contribution in [2.75, 3.05) is 31.3 Å². The van der Waals surface area contributed by atoms with E-state index in [0.717, 1.165) is 5.56 Å². The second kappa shape index (κ2) is 8.26. The van der Waals surface area contributed by atoms with Crippen molar-refractivity contribution < 1.29 is 9.59 Å². The zero-order valence-electron chi connectivity index (χ0n) is 14.2. The molecule has 2 rings (SSSR count). The second-order valence-electron chi connectivity index (χ2n) is 5.88. The molecule has 1 heterocycles. The highest BCUT2D eigenvalue weighted by Crippen LogP contribution is 2.20. The van der Waals surface area contributed by atoms with E-state index in [9.17, 15) is 9.59 Å². The van der Waals surface area contributed by atoms with Gasteiger partial charge in [-0.25, -0.2) is 0 Å². The molecule has 7 nitrogen and oxygen atoms in total. The first-order valence-corrected chi connectivity index (χ1v) is 7.76. The average molecular weight is 329 g/mol. The molecule has 2 aromatic rings. The lowest BCUT2D eigenvalue weighted by atomic mass is 10.1. The van der Waals surface area contributed by atoms with Crippen molar-refractivity contribution in [1.29, 1.82) is 0 Å². The summed E-state index contributed by atoms with van der Waals surface area (Å²) in [6, 6.07) is 7.28. The highest BCUT2D eigenvalue weighted by molar-refractivity contribution is 5.95. The number of hydrogen-bond donors (Lipinski definition) is 2. The van der Waals surface area contributed by atoms with E-state index < -0.39 is 0 Å². The number of likely N-dealkylation sites (N-methyl/N-ethyl adjacent to an activating group) is 1. The summed E-state index contributed by atoms with van der Waals surface area (Å²) in [5, 5.41) is 9.77. The Labute approximate surface area is 141 Å². The van der Waals surface area contributed by atoms with Crippen molar-refractivity contribution in [1.82, 2.24) is 14.7 Å². The number of carbonyl (C=O) groups is 2. The molecule has 0 atom stereocenters. The van der Waals surface area contributed by atoms with Crippen molar-refractivity contribution >= 4 is 23.2 Å². The van der Waals surface area contributed by atoms with Crippen LogP contribution in [0.5, 0.6) is 0 Å². The SMILES string of the molecule is Cc1ccc(NC(=O)CCn2cccn2)cc1NC(=O)CN(C)C. The molecule has 128 valence electrons. The van der Waals surface area contributed by atoms with Gasteiger partial charge in [-0.3, -0.25) is 14.3 Å². The van der Waals surface area contributed by atoms with Crippen molar-refractivity contribution in [3.63, 3.8) is 0 Å². The standard InChI is InChI=1S/C17H23N5O2/c1-13-5-6-14(11-15(13)20-17(24)12-21(2)3)19-16(23)7-10-22-9-4-8-18-22/h4-6,8-9,11H,7,10,12H2,1-3H3,(H,19,23)(H,20,24). The Hall–Kier alpha value is -2.67. The number of amides is 2. The number of anilines is 2. The summed E-state index contributed by atoms with van der Waals surface area (Å²) in [6.45, 7) is 2.74.